The van der Waals surface area contributed by atoms with Gasteiger partial charge in [-0.1, -0.05) is 29.5 Å². The van der Waals surface area contributed by atoms with Gasteiger partial charge in [0.1, 0.15) is 35.2 Å². The van der Waals surface area contributed by atoms with Crippen LogP contribution in [0.5, 0.6) is 0 Å². The van der Waals surface area contributed by atoms with Crippen LogP contribution in [-0.4, -0.2) is 59.8 Å². The predicted octanol–water partition coefficient (Wildman–Crippen LogP) is 0.897. The molecule has 1 saturated heterocycles. The molecule has 8 nitrogen and oxygen atoms in total. The molecule has 1 fully saturated rings. The van der Waals surface area contributed by atoms with Crippen LogP contribution in [0.2, 0.25) is 0 Å². The smallest absolute Gasteiger partial charge is 0.166 e. The lowest BCUT2D eigenvalue weighted by molar-refractivity contribution is -0.0511. The van der Waals surface area contributed by atoms with Crippen LogP contribution in [0.25, 0.3) is 11.2 Å². The topological polar surface area (TPSA) is 114 Å². The number of aryl methyl sites for hydroxylation is 1. The number of ether oxygens (including phenoxy) is 1. The minimum absolute atomic E-state index is 0.384. The zero-order chi connectivity index (χ0) is 18.3. The number of hydrogen-bond donors (Lipinski definition) is 3. The molecule has 136 valence electrons. The second-order valence-electron chi connectivity index (χ2n) is 6.15. The summed E-state index contributed by atoms with van der Waals surface area (Å²) >= 11 is 1.47. The molecule has 0 aliphatic carbocycles. The van der Waals surface area contributed by atoms with Crippen molar-refractivity contribution in [1.82, 2.24) is 19.5 Å². The summed E-state index contributed by atoms with van der Waals surface area (Å²) in [5, 5.41) is 30.1. The standard InChI is InChI=1S/C17H18N4O4S/c1-9-2-4-10(5-3-9)26-16-12-15(18-7-19-16)21(8-20-12)17-14(24)13(23)11(6-22)25-17/h2-5,7-8,11,13-14,17,22-24H,6H2,1H3/t11-,13-,14-,17-/m1/s1. The maximum Gasteiger partial charge on any atom is 0.166 e. The number of aliphatic hydroxyl groups is 3. The fourth-order valence-corrected chi connectivity index (χ4v) is 3.76. The Labute approximate surface area is 153 Å². The summed E-state index contributed by atoms with van der Waals surface area (Å²) < 4.78 is 7.12. The first kappa shape index (κ1) is 17.4. The van der Waals surface area contributed by atoms with Crippen LogP contribution < -0.4 is 0 Å². The second-order valence-corrected chi connectivity index (χ2v) is 7.21. The van der Waals surface area contributed by atoms with E-state index in [1.165, 1.54) is 30.0 Å². The van der Waals surface area contributed by atoms with Gasteiger partial charge < -0.3 is 20.1 Å². The lowest BCUT2D eigenvalue weighted by Crippen LogP contribution is -2.33. The average Bonchev–Trinajstić information content (AvgIpc) is 3.19. The molecule has 3 aromatic rings. The van der Waals surface area contributed by atoms with E-state index >= 15 is 0 Å². The normalized spacial score (nSPS) is 25.8. The summed E-state index contributed by atoms with van der Waals surface area (Å²) in [4.78, 5) is 14.0. The molecule has 0 radical (unpaired) electrons. The van der Waals surface area contributed by atoms with E-state index in [0.29, 0.717) is 16.2 Å². The molecule has 9 heteroatoms. The van der Waals surface area contributed by atoms with Crippen molar-refractivity contribution in [3.05, 3.63) is 42.5 Å². The first-order valence-electron chi connectivity index (χ1n) is 8.13. The number of aromatic nitrogens is 4. The van der Waals surface area contributed by atoms with Crippen molar-refractivity contribution < 1.29 is 20.1 Å². The summed E-state index contributed by atoms with van der Waals surface area (Å²) in [6, 6.07) is 8.07. The Kier molecular flexibility index (Phi) is 4.63. The molecule has 1 aliphatic rings. The van der Waals surface area contributed by atoms with Crippen LogP contribution in [0.4, 0.5) is 0 Å². The molecule has 0 spiro atoms. The molecule has 4 rings (SSSR count). The van der Waals surface area contributed by atoms with E-state index in [0.717, 1.165) is 4.90 Å². The second kappa shape index (κ2) is 6.93. The van der Waals surface area contributed by atoms with Crippen LogP contribution in [0.15, 0.2) is 46.8 Å². The molecule has 4 atom stereocenters. The van der Waals surface area contributed by atoms with Gasteiger partial charge in [-0.05, 0) is 19.1 Å². The zero-order valence-electron chi connectivity index (χ0n) is 13.9. The Morgan fingerprint density at radius 2 is 1.88 bits per heavy atom. The third-order valence-corrected chi connectivity index (χ3v) is 5.35. The van der Waals surface area contributed by atoms with Crippen molar-refractivity contribution in [2.45, 2.75) is 41.4 Å². The SMILES string of the molecule is Cc1ccc(Sc2ncnc3c2ncn3[C@@H]2O[C@H](CO)[C@@H](O)[C@H]2O)cc1. The Balaban J connectivity index is 1.68. The van der Waals surface area contributed by atoms with Crippen molar-refractivity contribution >= 4 is 22.9 Å². The fraction of sp³-hybridized carbons (Fsp3) is 0.353. The maximum atomic E-state index is 10.2. The molecule has 3 N–H and O–H groups in total. The number of fused-ring (bicyclic) bond motifs is 1. The minimum Gasteiger partial charge on any atom is -0.394 e. The zero-order valence-corrected chi connectivity index (χ0v) is 14.7. The van der Waals surface area contributed by atoms with Gasteiger partial charge in [-0.2, -0.15) is 0 Å². The van der Waals surface area contributed by atoms with Crippen molar-refractivity contribution in [3.63, 3.8) is 0 Å². The third kappa shape index (κ3) is 2.97. The summed E-state index contributed by atoms with van der Waals surface area (Å²) in [6.45, 7) is 1.64. The average molecular weight is 374 g/mol. The molecule has 2 aromatic heterocycles. The highest BCUT2D eigenvalue weighted by atomic mass is 32.2. The number of imidazole rings is 1. The first-order valence-corrected chi connectivity index (χ1v) is 8.94. The van der Waals surface area contributed by atoms with E-state index in [1.807, 2.05) is 31.2 Å². The van der Waals surface area contributed by atoms with Crippen molar-refractivity contribution in [2.75, 3.05) is 6.61 Å². The molecule has 0 amide bonds. The molecular weight excluding hydrogens is 356 g/mol. The summed E-state index contributed by atoms with van der Waals surface area (Å²) in [6.07, 6.45) is -1.16. The van der Waals surface area contributed by atoms with Gasteiger partial charge in [-0.3, -0.25) is 4.57 Å². The number of nitrogens with zero attached hydrogens (tertiary/aromatic N) is 4. The van der Waals surface area contributed by atoms with Crippen LogP contribution >= 0.6 is 11.8 Å². The lowest BCUT2D eigenvalue weighted by Gasteiger charge is -2.16. The highest BCUT2D eigenvalue weighted by Crippen LogP contribution is 2.34. The molecule has 26 heavy (non-hydrogen) atoms. The number of rotatable bonds is 4. The summed E-state index contributed by atoms with van der Waals surface area (Å²) in [7, 11) is 0. The predicted molar refractivity (Wildman–Crippen MR) is 93.6 cm³/mol. The van der Waals surface area contributed by atoms with Gasteiger partial charge in [-0.15, -0.1) is 0 Å². The van der Waals surface area contributed by atoms with E-state index in [-0.39, 0.29) is 6.61 Å². The first-order chi connectivity index (χ1) is 12.6. The van der Waals surface area contributed by atoms with Crippen LogP contribution in [0.3, 0.4) is 0 Å². The molecule has 1 aromatic carbocycles. The molecular formula is C17H18N4O4S. The fourth-order valence-electron chi connectivity index (χ4n) is 2.92. The summed E-state index contributed by atoms with van der Waals surface area (Å²) in [5.74, 6) is 0. The van der Waals surface area contributed by atoms with E-state index < -0.39 is 24.5 Å². The third-order valence-electron chi connectivity index (χ3n) is 4.35. The van der Waals surface area contributed by atoms with Gasteiger partial charge in [-0.25, -0.2) is 15.0 Å². The number of benzene rings is 1. The number of hydrogen-bond acceptors (Lipinski definition) is 8. The van der Waals surface area contributed by atoms with E-state index in [2.05, 4.69) is 15.0 Å². The van der Waals surface area contributed by atoms with Gasteiger partial charge in [0.25, 0.3) is 0 Å². The Hall–Kier alpha value is -2.04. The lowest BCUT2D eigenvalue weighted by atomic mass is 10.1. The van der Waals surface area contributed by atoms with Gasteiger partial charge in [0.05, 0.1) is 12.9 Å². The van der Waals surface area contributed by atoms with Gasteiger partial charge >= 0.3 is 0 Å². The van der Waals surface area contributed by atoms with E-state index in [1.54, 1.807) is 4.57 Å². The van der Waals surface area contributed by atoms with Gasteiger partial charge in [0.15, 0.2) is 11.9 Å². The van der Waals surface area contributed by atoms with Crippen LogP contribution in [-0.2, 0) is 4.74 Å². The van der Waals surface area contributed by atoms with Crippen molar-refractivity contribution in [1.29, 1.82) is 0 Å². The van der Waals surface area contributed by atoms with Crippen molar-refractivity contribution in [3.8, 4) is 0 Å². The molecule has 1 aliphatic heterocycles. The van der Waals surface area contributed by atoms with Gasteiger partial charge in [0.2, 0.25) is 0 Å². The monoisotopic (exact) mass is 374 g/mol. The maximum absolute atomic E-state index is 10.2. The van der Waals surface area contributed by atoms with Crippen molar-refractivity contribution in [2.24, 2.45) is 0 Å². The quantitative estimate of drug-likeness (QED) is 0.577. The molecule has 0 bridgehead atoms. The Morgan fingerprint density at radius 1 is 1.12 bits per heavy atom. The van der Waals surface area contributed by atoms with Crippen LogP contribution in [0.1, 0.15) is 11.8 Å². The molecule has 0 unspecified atom stereocenters. The highest BCUT2D eigenvalue weighted by molar-refractivity contribution is 7.99. The van der Waals surface area contributed by atoms with E-state index in [4.69, 9.17) is 4.74 Å². The van der Waals surface area contributed by atoms with Crippen LogP contribution in [0, 0.1) is 6.92 Å². The summed E-state index contributed by atoms with van der Waals surface area (Å²) in [5.41, 5.74) is 2.25. The highest BCUT2D eigenvalue weighted by Gasteiger charge is 2.44. The Morgan fingerprint density at radius 3 is 2.58 bits per heavy atom. The number of aliphatic hydroxyl groups excluding tert-OH is 3. The molecule has 0 saturated carbocycles. The molecule has 3 heterocycles. The largest absolute Gasteiger partial charge is 0.394 e. The van der Waals surface area contributed by atoms with E-state index in [9.17, 15) is 15.3 Å². The Bertz CT molecular complexity index is 917. The minimum atomic E-state index is -1.19. The van der Waals surface area contributed by atoms with Gasteiger partial charge in [0, 0.05) is 4.90 Å².